The molecule has 0 N–H and O–H groups in total. The van der Waals surface area contributed by atoms with Crippen molar-refractivity contribution in [2.75, 3.05) is 14.1 Å². The molecule has 3 heteroatoms. The number of benzene rings is 1. The molecule has 0 atom stereocenters. The summed E-state index contributed by atoms with van der Waals surface area (Å²) in [5.41, 5.74) is 5.32. The van der Waals surface area contributed by atoms with Crippen LogP contribution in [-0.2, 0) is 11.2 Å². The fourth-order valence-corrected chi connectivity index (χ4v) is 2.56. The second kappa shape index (κ2) is 8.25. The Labute approximate surface area is 144 Å². The lowest BCUT2D eigenvalue weighted by atomic mass is 9.95. The first-order chi connectivity index (χ1) is 11.5. The molecule has 0 spiro atoms. The lowest BCUT2D eigenvalue weighted by Gasteiger charge is -2.14. The first kappa shape index (κ1) is 17.7. The highest BCUT2D eigenvalue weighted by molar-refractivity contribution is 5.93. The van der Waals surface area contributed by atoms with E-state index in [0.717, 1.165) is 28.7 Å². The molecule has 0 saturated heterocycles. The lowest BCUT2D eigenvalue weighted by molar-refractivity contribution is -0.124. The molecule has 1 aromatic carbocycles. The van der Waals surface area contributed by atoms with Gasteiger partial charge in [0.1, 0.15) is 0 Å². The summed E-state index contributed by atoms with van der Waals surface area (Å²) in [6, 6.07) is 14.2. The van der Waals surface area contributed by atoms with Crippen LogP contribution in [0, 0.1) is 0 Å². The maximum atomic E-state index is 12.2. The van der Waals surface area contributed by atoms with E-state index < -0.39 is 0 Å². The maximum absolute atomic E-state index is 12.2. The third kappa shape index (κ3) is 4.66. The molecule has 0 aliphatic rings. The third-order valence-electron chi connectivity index (χ3n) is 3.94. The molecule has 2 rings (SSSR count). The standard InChI is InChI=1S/C21H24N2O/c1-16(21(24)23(3)4)13-20(14-18-9-8-12-22-15-18)17(2)19-10-6-5-7-11-19/h5-13,15H,14H2,1-4H3/b16-13+,20-17-. The molecule has 1 aromatic heterocycles. The van der Waals surface area contributed by atoms with Crippen LogP contribution >= 0.6 is 0 Å². The molecule has 3 nitrogen and oxygen atoms in total. The monoisotopic (exact) mass is 320 g/mol. The first-order valence-electron chi connectivity index (χ1n) is 8.03. The molecule has 24 heavy (non-hydrogen) atoms. The minimum absolute atomic E-state index is 0.0274. The zero-order valence-electron chi connectivity index (χ0n) is 14.8. The fourth-order valence-electron chi connectivity index (χ4n) is 2.56. The number of rotatable bonds is 5. The molecule has 1 heterocycles. The van der Waals surface area contributed by atoms with Gasteiger partial charge in [0.2, 0.25) is 5.91 Å². The number of hydrogen-bond acceptors (Lipinski definition) is 2. The van der Waals surface area contributed by atoms with Crippen LogP contribution in [0.25, 0.3) is 5.57 Å². The van der Waals surface area contributed by atoms with Crippen molar-refractivity contribution in [1.82, 2.24) is 9.88 Å². The van der Waals surface area contributed by atoms with Crippen molar-refractivity contribution in [2.24, 2.45) is 0 Å². The van der Waals surface area contributed by atoms with Gasteiger partial charge < -0.3 is 4.90 Å². The summed E-state index contributed by atoms with van der Waals surface area (Å²) in [6.45, 7) is 3.97. The van der Waals surface area contributed by atoms with E-state index in [1.165, 1.54) is 5.57 Å². The van der Waals surface area contributed by atoms with Crippen molar-refractivity contribution in [3.63, 3.8) is 0 Å². The summed E-state index contributed by atoms with van der Waals surface area (Å²) in [5.74, 6) is 0.0274. The highest BCUT2D eigenvalue weighted by Gasteiger charge is 2.10. The molecule has 0 fully saturated rings. The summed E-state index contributed by atoms with van der Waals surface area (Å²) in [4.78, 5) is 18.0. The number of likely N-dealkylation sites (N-methyl/N-ethyl adjacent to an activating group) is 1. The zero-order chi connectivity index (χ0) is 17.5. The average molecular weight is 320 g/mol. The Morgan fingerprint density at radius 3 is 2.38 bits per heavy atom. The van der Waals surface area contributed by atoms with Gasteiger partial charge in [-0.05, 0) is 54.7 Å². The van der Waals surface area contributed by atoms with Gasteiger partial charge in [0.15, 0.2) is 0 Å². The van der Waals surface area contributed by atoms with E-state index in [1.807, 2.05) is 43.5 Å². The molecule has 0 bridgehead atoms. The van der Waals surface area contributed by atoms with Gasteiger partial charge in [-0.1, -0.05) is 36.4 Å². The van der Waals surface area contributed by atoms with Crippen LogP contribution < -0.4 is 0 Å². The molecule has 0 saturated carbocycles. The maximum Gasteiger partial charge on any atom is 0.248 e. The van der Waals surface area contributed by atoms with E-state index >= 15 is 0 Å². The summed E-state index contributed by atoms with van der Waals surface area (Å²) in [7, 11) is 3.54. The van der Waals surface area contributed by atoms with Gasteiger partial charge in [0.25, 0.3) is 0 Å². The minimum atomic E-state index is 0.0274. The number of allylic oxidation sites excluding steroid dienone is 3. The Kier molecular flexibility index (Phi) is 6.07. The number of nitrogens with zero attached hydrogens (tertiary/aromatic N) is 2. The summed E-state index contributed by atoms with van der Waals surface area (Å²) in [6.07, 6.45) is 6.38. The fraction of sp³-hybridized carbons (Fsp3) is 0.238. The Hall–Kier alpha value is -2.68. The van der Waals surface area contributed by atoms with E-state index in [0.29, 0.717) is 0 Å². The number of hydrogen-bond donors (Lipinski definition) is 0. The molecule has 2 aromatic rings. The first-order valence-corrected chi connectivity index (χ1v) is 8.03. The quantitative estimate of drug-likeness (QED) is 0.613. The van der Waals surface area contributed by atoms with Crippen LogP contribution in [-0.4, -0.2) is 29.9 Å². The van der Waals surface area contributed by atoms with Crippen LogP contribution in [0.1, 0.15) is 25.0 Å². The van der Waals surface area contributed by atoms with Crippen LogP contribution in [0.15, 0.2) is 72.1 Å². The van der Waals surface area contributed by atoms with E-state index in [1.54, 1.807) is 25.2 Å². The van der Waals surface area contributed by atoms with Crippen molar-refractivity contribution >= 4 is 11.5 Å². The molecule has 0 aliphatic heterocycles. The van der Waals surface area contributed by atoms with Gasteiger partial charge in [0, 0.05) is 32.1 Å². The van der Waals surface area contributed by atoms with E-state index in [9.17, 15) is 4.79 Å². The normalized spacial score (nSPS) is 12.6. The van der Waals surface area contributed by atoms with Gasteiger partial charge >= 0.3 is 0 Å². The van der Waals surface area contributed by atoms with Crippen molar-refractivity contribution < 1.29 is 4.79 Å². The Morgan fingerprint density at radius 1 is 1.08 bits per heavy atom. The van der Waals surface area contributed by atoms with Crippen molar-refractivity contribution in [3.05, 3.63) is 83.2 Å². The van der Waals surface area contributed by atoms with Crippen molar-refractivity contribution in [3.8, 4) is 0 Å². The van der Waals surface area contributed by atoms with Gasteiger partial charge in [-0.25, -0.2) is 0 Å². The average Bonchev–Trinajstić information content (AvgIpc) is 2.61. The van der Waals surface area contributed by atoms with E-state index in [2.05, 4.69) is 30.1 Å². The van der Waals surface area contributed by atoms with E-state index in [4.69, 9.17) is 0 Å². The molecule has 0 aliphatic carbocycles. The number of pyridine rings is 1. The predicted molar refractivity (Wildman–Crippen MR) is 99.4 cm³/mol. The molecule has 0 radical (unpaired) electrons. The van der Waals surface area contributed by atoms with Gasteiger partial charge in [-0.3, -0.25) is 9.78 Å². The van der Waals surface area contributed by atoms with Crippen LogP contribution in [0.5, 0.6) is 0 Å². The topological polar surface area (TPSA) is 33.2 Å². The molecule has 1 amide bonds. The highest BCUT2D eigenvalue weighted by atomic mass is 16.2. The number of amides is 1. The predicted octanol–water partition coefficient (Wildman–Crippen LogP) is 4.13. The SMILES string of the molecule is C/C(=C\C(Cc1cccnc1)=C(/C)c1ccccc1)C(=O)N(C)C. The number of carbonyl (C=O) groups excluding carboxylic acids is 1. The highest BCUT2D eigenvalue weighted by Crippen LogP contribution is 2.23. The van der Waals surface area contributed by atoms with Crippen molar-refractivity contribution in [1.29, 1.82) is 0 Å². The van der Waals surface area contributed by atoms with Gasteiger partial charge in [-0.15, -0.1) is 0 Å². The number of aromatic nitrogens is 1. The third-order valence-corrected chi connectivity index (χ3v) is 3.94. The van der Waals surface area contributed by atoms with Crippen LogP contribution in [0.3, 0.4) is 0 Å². The van der Waals surface area contributed by atoms with Crippen LogP contribution in [0.4, 0.5) is 0 Å². The summed E-state index contributed by atoms with van der Waals surface area (Å²) < 4.78 is 0. The Morgan fingerprint density at radius 2 is 1.79 bits per heavy atom. The second-order valence-corrected chi connectivity index (χ2v) is 6.08. The van der Waals surface area contributed by atoms with Gasteiger partial charge in [-0.2, -0.15) is 0 Å². The number of carbonyl (C=O) groups is 1. The molecule has 124 valence electrons. The van der Waals surface area contributed by atoms with E-state index in [-0.39, 0.29) is 5.91 Å². The Bertz CT molecular complexity index is 744. The summed E-state index contributed by atoms with van der Waals surface area (Å²) >= 11 is 0. The largest absolute Gasteiger partial charge is 0.345 e. The molecular formula is C21H24N2O. The second-order valence-electron chi connectivity index (χ2n) is 6.08. The summed E-state index contributed by atoms with van der Waals surface area (Å²) in [5, 5.41) is 0. The molecular weight excluding hydrogens is 296 g/mol. The van der Waals surface area contributed by atoms with Crippen LogP contribution in [0.2, 0.25) is 0 Å². The lowest BCUT2D eigenvalue weighted by Crippen LogP contribution is -2.22. The Balaban J connectivity index is 2.45. The van der Waals surface area contributed by atoms with Crippen molar-refractivity contribution in [2.45, 2.75) is 20.3 Å². The minimum Gasteiger partial charge on any atom is -0.345 e. The molecule has 0 unspecified atom stereocenters. The zero-order valence-corrected chi connectivity index (χ0v) is 14.8. The smallest absolute Gasteiger partial charge is 0.248 e. The van der Waals surface area contributed by atoms with Gasteiger partial charge in [0.05, 0.1) is 0 Å².